The van der Waals surface area contributed by atoms with Crippen LogP contribution in [0.2, 0.25) is 0 Å². The van der Waals surface area contributed by atoms with Crippen molar-refractivity contribution >= 4 is 23.6 Å². The van der Waals surface area contributed by atoms with E-state index < -0.39 is 11.1 Å². The second kappa shape index (κ2) is 12.3. The topological polar surface area (TPSA) is 140 Å². The zero-order chi connectivity index (χ0) is 24.5. The molecule has 2 unspecified atom stereocenters. The average molecular weight is 457 g/mol. The number of hydrogen-bond donors (Lipinski definition) is 3. The molecular formula is C22H40N4O6. The lowest BCUT2D eigenvalue weighted by Gasteiger charge is -2.31. The molecule has 4 amide bonds. The van der Waals surface area contributed by atoms with E-state index in [1.807, 2.05) is 13.8 Å². The zero-order valence-corrected chi connectivity index (χ0v) is 20.3. The van der Waals surface area contributed by atoms with Gasteiger partial charge in [0.25, 0.3) is 0 Å². The third kappa shape index (κ3) is 8.84. The molecule has 4 N–H and O–H groups in total. The molecule has 1 rings (SSSR count). The number of nitrogens with two attached hydrogens (primary N) is 1. The molecule has 0 aromatic rings. The lowest BCUT2D eigenvalue weighted by atomic mass is 9.93. The Balaban J connectivity index is 2.35. The maximum absolute atomic E-state index is 12.3. The van der Waals surface area contributed by atoms with Crippen LogP contribution in [0.4, 0.5) is 0 Å². The molecular weight excluding hydrogens is 416 g/mol. The van der Waals surface area contributed by atoms with E-state index in [1.54, 1.807) is 27.9 Å². The van der Waals surface area contributed by atoms with Crippen LogP contribution in [0.15, 0.2) is 0 Å². The van der Waals surface area contributed by atoms with Crippen LogP contribution in [-0.4, -0.2) is 74.2 Å². The molecule has 10 heteroatoms. The summed E-state index contributed by atoms with van der Waals surface area (Å²) in [5.41, 5.74) is 4.35. The highest BCUT2D eigenvalue weighted by molar-refractivity contribution is 6.03. The Kier molecular flexibility index (Phi) is 10.7. The Labute approximate surface area is 190 Å². The smallest absolute Gasteiger partial charge is 0.233 e. The Morgan fingerprint density at radius 3 is 2.41 bits per heavy atom. The van der Waals surface area contributed by atoms with Gasteiger partial charge >= 0.3 is 0 Å². The highest BCUT2D eigenvalue weighted by Crippen LogP contribution is 2.26. The number of carbonyl (C=O) groups is 4. The van der Waals surface area contributed by atoms with Crippen molar-refractivity contribution in [3.8, 4) is 0 Å². The summed E-state index contributed by atoms with van der Waals surface area (Å²) in [6, 6.07) is 0. The molecule has 0 aromatic heterocycles. The van der Waals surface area contributed by atoms with Gasteiger partial charge in [0.05, 0.1) is 18.6 Å². The first-order valence-electron chi connectivity index (χ1n) is 11.1. The minimum absolute atomic E-state index is 0.0408. The summed E-state index contributed by atoms with van der Waals surface area (Å²) in [6.45, 7) is 10.3. The van der Waals surface area contributed by atoms with E-state index in [1.165, 1.54) is 4.90 Å². The molecule has 0 bridgehead atoms. The van der Waals surface area contributed by atoms with Gasteiger partial charge in [-0.25, -0.2) is 0 Å². The molecule has 1 aliphatic rings. The van der Waals surface area contributed by atoms with Crippen molar-refractivity contribution in [3.63, 3.8) is 0 Å². The first kappa shape index (κ1) is 28.0. The highest BCUT2D eigenvalue weighted by atomic mass is 16.5. The van der Waals surface area contributed by atoms with Gasteiger partial charge in [-0.1, -0.05) is 13.8 Å². The molecule has 0 aromatic carbocycles. The summed E-state index contributed by atoms with van der Waals surface area (Å²) >= 11 is 0. The molecule has 10 nitrogen and oxygen atoms in total. The number of nitrogens with zero attached hydrogens (tertiary/aromatic N) is 1. The number of rotatable bonds is 14. The summed E-state index contributed by atoms with van der Waals surface area (Å²) in [7, 11) is 1.56. The molecule has 0 radical (unpaired) electrons. The lowest BCUT2D eigenvalue weighted by molar-refractivity contribution is -0.140. The fraction of sp³-hybridized carbons (Fsp3) is 0.818. The van der Waals surface area contributed by atoms with Gasteiger partial charge in [0, 0.05) is 51.9 Å². The number of nitrogens with one attached hydrogen (secondary N) is 2. The predicted molar refractivity (Wildman–Crippen MR) is 119 cm³/mol. The van der Waals surface area contributed by atoms with E-state index in [-0.39, 0.29) is 68.0 Å². The van der Waals surface area contributed by atoms with Crippen molar-refractivity contribution in [1.82, 2.24) is 15.5 Å². The van der Waals surface area contributed by atoms with Crippen LogP contribution < -0.4 is 16.4 Å². The minimum Gasteiger partial charge on any atom is -0.383 e. The van der Waals surface area contributed by atoms with Gasteiger partial charge in [-0.15, -0.1) is 0 Å². The van der Waals surface area contributed by atoms with Crippen LogP contribution >= 0.6 is 0 Å². The maximum Gasteiger partial charge on any atom is 0.233 e. The van der Waals surface area contributed by atoms with Gasteiger partial charge in [0.15, 0.2) is 0 Å². The van der Waals surface area contributed by atoms with Crippen LogP contribution in [0.5, 0.6) is 0 Å². The Hall–Kier alpha value is -2.04. The van der Waals surface area contributed by atoms with Crippen molar-refractivity contribution in [2.75, 3.05) is 40.0 Å². The van der Waals surface area contributed by atoms with Gasteiger partial charge < -0.3 is 25.8 Å². The second-order valence-electron chi connectivity index (χ2n) is 9.52. The minimum atomic E-state index is -1.04. The summed E-state index contributed by atoms with van der Waals surface area (Å²) in [5, 5.41) is 5.52. The second-order valence-corrected chi connectivity index (χ2v) is 9.52. The van der Waals surface area contributed by atoms with E-state index >= 15 is 0 Å². The number of amides is 4. The number of likely N-dealkylation sites (tertiary alicyclic amines) is 1. The quantitative estimate of drug-likeness (QED) is 0.195. The first-order chi connectivity index (χ1) is 14.8. The Bertz CT molecular complexity index is 677. The van der Waals surface area contributed by atoms with Crippen LogP contribution in [0.3, 0.4) is 0 Å². The van der Waals surface area contributed by atoms with Gasteiger partial charge in [-0.2, -0.15) is 0 Å². The normalized spacial score (nSPS) is 18.8. The molecule has 0 aliphatic carbocycles. The first-order valence-corrected chi connectivity index (χ1v) is 11.1. The van der Waals surface area contributed by atoms with Gasteiger partial charge in [-0.3, -0.25) is 24.1 Å². The Morgan fingerprint density at radius 2 is 1.84 bits per heavy atom. The predicted octanol–water partition coefficient (Wildman–Crippen LogP) is 0.394. The molecule has 184 valence electrons. The summed E-state index contributed by atoms with van der Waals surface area (Å²) in [6.07, 6.45) is 0.581. The van der Waals surface area contributed by atoms with Crippen molar-refractivity contribution in [2.45, 2.75) is 59.6 Å². The Morgan fingerprint density at radius 1 is 1.19 bits per heavy atom. The summed E-state index contributed by atoms with van der Waals surface area (Å²) in [5.74, 6) is -1.06. The molecule has 1 heterocycles. The summed E-state index contributed by atoms with van der Waals surface area (Å²) in [4.78, 5) is 49.9. The maximum atomic E-state index is 12.3. The lowest BCUT2D eigenvalue weighted by Crippen LogP contribution is -2.48. The van der Waals surface area contributed by atoms with E-state index in [9.17, 15) is 19.2 Å². The fourth-order valence-corrected chi connectivity index (χ4v) is 3.21. The molecule has 0 spiro atoms. The van der Waals surface area contributed by atoms with Crippen molar-refractivity contribution < 1.29 is 28.7 Å². The number of methoxy groups -OCH3 is 1. The number of ether oxygens (including phenoxy) is 2. The molecule has 32 heavy (non-hydrogen) atoms. The number of hydrogen-bond acceptors (Lipinski definition) is 7. The van der Waals surface area contributed by atoms with Crippen LogP contribution in [0, 0.1) is 17.3 Å². The zero-order valence-electron chi connectivity index (χ0n) is 20.3. The molecule has 2 atom stereocenters. The highest BCUT2D eigenvalue weighted by Gasteiger charge is 2.39. The fourth-order valence-electron chi connectivity index (χ4n) is 3.21. The van der Waals surface area contributed by atoms with Crippen molar-refractivity contribution in [2.24, 2.45) is 23.0 Å². The van der Waals surface area contributed by atoms with E-state index in [0.29, 0.717) is 19.6 Å². The van der Waals surface area contributed by atoms with Gasteiger partial charge in [0.1, 0.15) is 5.72 Å². The van der Waals surface area contributed by atoms with Crippen LogP contribution in [0.1, 0.15) is 53.9 Å². The monoisotopic (exact) mass is 456 g/mol. The molecule has 0 saturated carbocycles. The molecule has 1 aliphatic heterocycles. The van der Waals surface area contributed by atoms with Crippen LogP contribution in [-0.2, 0) is 28.7 Å². The van der Waals surface area contributed by atoms with E-state index in [4.69, 9.17) is 15.2 Å². The number of imide groups is 1. The molecule has 1 saturated heterocycles. The third-order valence-electron chi connectivity index (χ3n) is 5.56. The van der Waals surface area contributed by atoms with E-state index in [2.05, 4.69) is 10.6 Å². The van der Waals surface area contributed by atoms with E-state index in [0.717, 1.165) is 0 Å². The standard InChI is InChI=1S/C22H40N4O6/c1-15(2)16-13-18(28)26(19(16)29)11-7-17(27)24-9-8-22(5,23)32-14-21(3,4)20(30)25-10-12-31-6/h15-16H,7-14,23H2,1-6H3,(H,24,27)(H,25,30). The largest absolute Gasteiger partial charge is 0.383 e. The van der Waals surface area contributed by atoms with Gasteiger partial charge in [0.2, 0.25) is 23.6 Å². The summed E-state index contributed by atoms with van der Waals surface area (Å²) < 4.78 is 10.7. The average Bonchev–Trinajstić information content (AvgIpc) is 2.99. The van der Waals surface area contributed by atoms with Crippen LogP contribution in [0.25, 0.3) is 0 Å². The third-order valence-corrected chi connectivity index (χ3v) is 5.56. The van der Waals surface area contributed by atoms with Gasteiger partial charge in [-0.05, 0) is 26.7 Å². The molecule has 1 fully saturated rings. The van der Waals surface area contributed by atoms with Crippen molar-refractivity contribution in [3.05, 3.63) is 0 Å². The number of carbonyl (C=O) groups excluding carboxylic acids is 4. The van der Waals surface area contributed by atoms with Crippen molar-refractivity contribution in [1.29, 1.82) is 0 Å². The SMILES string of the molecule is COCCNC(=O)C(C)(C)COC(C)(N)CCNC(=O)CCN1C(=O)CC(C(C)C)C1=O.